The standard InChI is InChI=1S/C17H16N2O2S2/c1-2-19-12-16(17(22)14-10-6-7-11-15(14)19)23(20,21)18-13-8-4-3-5-9-13/h3-12,18H,2H2,1H3. The summed E-state index contributed by atoms with van der Waals surface area (Å²) in [5.74, 6) is 0. The largest absolute Gasteiger partial charge is 0.346 e. The van der Waals surface area contributed by atoms with Crippen molar-refractivity contribution < 1.29 is 8.42 Å². The molecule has 0 saturated heterocycles. The topological polar surface area (TPSA) is 51.1 Å². The summed E-state index contributed by atoms with van der Waals surface area (Å²) >= 11 is 5.43. The fraction of sp³-hybridized carbons (Fsp3) is 0.118. The van der Waals surface area contributed by atoms with Gasteiger partial charge in [0.25, 0.3) is 10.0 Å². The number of nitrogens with zero attached hydrogens (tertiary/aromatic N) is 1. The van der Waals surface area contributed by atoms with Crippen LogP contribution in [-0.4, -0.2) is 13.0 Å². The van der Waals surface area contributed by atoms with Gasteiger partial charge in [-0.15, -0.1) is 0 Å². The average Bonchev–Trinajstić information content (AvgIpc) is 2.56. The van der Waals surface area contributed by atoms with Crippen LogP contribution in [0.5, 0.6) is 0 Å². The molecule has 118 valence electrons. The van der Waals surface area contributed by atoms with Gasteiger partial charge >= 0.3 is 0 Å². The molecule has 0 aliphatic carbocycles. The Labute approximate surface area is 140 Å². The number of aryl methyl sites for hydroxylation is 1. The number of aromatic nitrogens is 1. The van der Waals surface area contributed by atoms with Gasteiger partial charge in [0, 0.05) is 29.3 Å². The van der Waals surface area contributed by atoms with Gasteiger partial charge in [-0.3, -0.25) is 4.72 Å². The number of hydrogen-bond donors (Lipinski definition) is 1. The van der Waals surface area contributed by atoms with Crippen LogP contribution < -0.4 is 4.72 Å². The van der Waals surface area contributed by atoms with Gasteiger partial charge in [-0.1, -0.05) is 48.6 Å². The van der Waals surface area contributed by atoms with Crippen molar-refractivity contribution in [2.45, 2.75) is 18.4 Å². The quantitative estimate of drug-likeness (QED) is 0.722. The molecule has 0 amide bonds. The number of anilines is 1. The van der Waals surface area contributed by atoms with E-state index < -0.39 is 10.0 Å². The highest BCUT2D eigenvalue weighted by Gasteiger charge is 2.19. The van der Waals surface area contributed by atoms with Crippen molar-refractivity contribution in [2.24, 2.45) is 0 Å². The van der Waals surface area contributed by atoms with Gasteiger partial charge in [0.05, 0.1) is 4.51 Å². The Bertz CT molecular complexity index is 1010. The summed E-state index contributed by atoms with van der Waals surface area (Å²) in [6, 6.07) is 16.4. The van der Waals surface area contributed by atoms with Crippen LogP contribution in [-0.2, 0) is 16.6 Å². The van der Waals surface area contributed by atoms with E-state index in [1.165, 1.54) is 0 Å². The smallest absolute Gasteiger partial charge is 0.264 e. The molecule has 0 spiro atoms. The molecule has 0 atom stereocenters. The van der Waals surface area contributed by atoms with Crippen LogP contribution >= 0.6 is 12.2 Å². The third-order valence-electron chi connectivity index (χ3n) is 3.61. The molecule has 2 aromatic carbocycles. The summed E-state index contributed by atoms with van der Waals surface area (Å²) in [6.45, 7) is 2.63. The second kappa shape index (κ2) is 6.14. The van der Waals surface area contributed by atoms with Crippen molar-refractivity contribution in [3.05, 3.63) is 65.3 Å². The Hall–Kier alpha value is -2.18. The summed E-state index contributed by atoms with van der Waals surface area (Å²) in [5.41, 5.74) is 1.44. The van der Waals surface area contributed by atoms with E-state index in [9.17, 15) is 8.42 Å². The number of fused-ring (bicyclic) bond motifs is 1. The van der Waals surface area contributed by atoms with Crippen LogP contribution in [0.3, 0.4) is 0 Å². The zero-order valence-electron chi connectivity index (χ0n) is 12.6. The van der Waals surface area contributed by atoms with Crippen molar-refractivity contribution in [2.75, 3.05) is 4.72 Å². The summed E-state index contributed by atoms with van der Waals surface area (Å²) in [4.78, 5) is 0.122. The molecule has 1 N–H and O–H groups in total. The number of nitrogens with one attached hydrogen (secondary N) is 1. The first kappa shape index (κ1) is 15.7. The van der Waals surface area contributed by atoms with Gasteiger partial charge in [0.15, 0.2) is 0 Å². The number of benzene rings is 2. The van der Waals surface area contributed by atoms with Crippen LogP contribution in [0.2, 0.25) is 0 Å². The Morgan fingerprint density at radius 2 is 1.70 bits per heavy atom. The maximum atomic E-state index is 12.7. The molecule has 3 rings (SSSR count). The Morgan fingerprint density at radius 1 is 1.04 bits per heavy atom. The zero-order valence-corrected chi connectivity index (χ0v) is 14.2. The lowest BCUT2D eigenvalue weighted by Gasteiger charge is -2.14. The van der Waals surface area contributed by atoms with E-state index >= 15 is 0 Å². The lowest BCUT2D eigenvalue weighted by molar-refractivity contribution is 0.599. The average molecular weight is 344 g/mol. The van der Waals surface area contributed by atoms with Crippen molar-refractivity contribution in [3.8, 4) is 0 Å². The molecule has 0 bridgehead atoms. The SMILES string of the molecule is CCn1cc(S(=O)(=O)Nc2ccccc2)c(=S)c2ccccc21. The summed E-state index contributed by atoms with van der Waals surface area (Å²) in [7, 11) is -3.74. The maximum Gasteiger partial charge on any atom is 0.264 e. The van der Waals surface area contributed by atoms with Crippen molar-refractivity contribution in [3.63, 3.8) is 0 Å². The Balaban J connectivity index is 2.20. The molecule has 0 aliphatic heterocycles. The van der Waals surface area contributed by atoms with E-state index in [0.717, 1.165) is 10.9 Å². The minimum atomic E-state index is -3.74. The lowest BCUT2D eigenvalue weighted by Crippen LogP contribution is -2.15. The molecule has 1 aromatic heterocycles. The highest BCUT2D eigenvalue weighted by Crippen LogP contribution is 2.24. The zero-order chi connectivity index (χ0) is 16.4. The normalized spacial score (nSPS) is 11.5. The van der Waals surface area contributed by atoms with E-state index in [0.29, 0.717) is 16.7 Å². The van der Waals surface area contributed by atoms with Crippen LogP contribution in [0.25, 0.3) is 10.9 Å². The third kappa shape index (κ3) is 3.00. The van der Waals surface area contributed by atoms with Gasteiger partial charge in [-0.25, -0.2) is 8.42 Å². The fourth-order valence-corrected chi connectivity index (χ4v) is 4.22. The van der Waals surface area contributed by atoms with Crippen molar-refractivity contribution >= 4 is 38.8 Å². The van der Waals surface area contributed by atoms with E-state index in [1.54, 1.807) is 30.5 Å². The molecule has 0 unspecified atom stereocenters. The molecule has 0 radical (unpaired) electrons. The molecule has 3 aromatic rings. The Kier molecular flexibility index (Phi) is 4.19. The number of hydrogen-bond acceptors (Lipinski definition) is 3. The van der Waals surface area contributed by atoms with Crippen LogP contribution in [0.4, 0.5) is 5.69 Å². The van der Waals surface area contributed by atoms with Crippen LogP contribution in [0.1, 0.15) is 6.92 Å². The van der Waals surface area contributed by atoms with Gasteiger partial charge in [0.1, 0.15) is 4.90 Å². The van der Waals surface area contributed by atoms with Gasteiger partial charge in [-0.2, -0.15) is 0 Å². The monoisotopic (exact) mass is 344 g/mol. The summed E-state index contributed by atoms with van der Waals surface area (Å²) in [6.07, 6.45) is 1.61. The second-order valence-corrected chi connectivity index (χ2v) is 7.16. The van der Waals surface area contributed by atoms with Crippen LogP contribution in [0, 0.1) is 4.51 Å². The third-order valence-corrected chi connectivity index (χ3v) is 5.57. The minimum absolute atomic E-state index is 0.122. The highest BCUT2D eigenvalue weighted by atomic mass is 32.2. The predicted molar refractivity (Wildman–Crippen MR) is 95.7 cm³/mol. The van der Waals surface area contributed by atoms with E-state index in [-0.39, 0.29) is 4.90 Å². The first-order valence-corrected chi connectivity index (χ1v) is 9.12. The van der Waals surface area contributed by atoms with E-state index in [2.05, 4.69) is 4.72 Å². The Morgan fingerprint density at radius 3 is 2.39 bits per heavy atom. The minimum Gasteiger partial charge on any atom is -0.346 e. The lowest BCUT2D eigenvalue weighted by atomic mass is 10.2. The number of pyridine rings is 1. The molecule has 23 heavy (non-hydrogen) atoms. The molecule has 1 heterocycles. The number of sulfonamides is 1. The van der Waals surface area contributed by atoms with Crippen molar-refractivity contribution in [1.82, 2.24) is 4.57 Å². The van der Waals surface area contributed by atoms with Gasteiger partial charge in [0.2, 0.25) is 0 Å². The van der Waals surface area contributed by atoms with E-state index in [1.807, 2.05) is 41.8 Å². The van der Waals surface area contributed by atoms with Crippen LogP contribution in [0.15, 0.2) is 65.7 Å². The van der Waals surface area contributed by atoms with Gasteiger partial charge < -0.3 is 4.57 Å². The molecule has 0 saturated carbocycles. The summed E-state index contributed by atoms with van der Waals surface area (Å²) in [5, 5.41) is 0.764. The fourth-order valence-electron chi connectivity index (χ4n) is 2.49. The second-order valence-electron chi connectivity index (χ2n) is 5.10. The number of rotatable bonds is 4. The molecule has 4 nitrogen and oxygen atoms in total. The molecular formula is C17H16N2O2S2. The molecule has 0 aliphatic rings. The first-order chi connectivity index (χ1) is 11.0. The van der Waals surface area contributed by atoms with Crippen molar-refractivity contribution in [1.29, 1.82) is 0 Å². The number of para-hydroxylation sites is 2. The summed E-state index contributed by atoms with van der Waals surface area (Å²) < 4.78 is 30.3. The van der Waals surface area contributed by atoms with E-state index in [4.69, 9.17) is 12.2 Å². The molecule has 6 heteroatoms. The van der Waals surface area contributed by atoms with Gasteiger partial charge in [-0.05, 0) is 25.1 Å². The maximum absolute atomic E-state index is 12.7. The first-order valence-electron chi connectivity index (χ1n) is 7.23. The predicted octanol–water partition coefficient (Wildman–Crippen LogP) is 4.19. The highest BCUT2D eigenvalue weighted by molar-refractivity contribution is 7.93. The molecule has 0 fully saturated rings. The molecular weight excluding hydrogens is 328 g/mol.